The average molecular weight is 368 g/mol. The van der Waals surface area contributed by atoms with Crippen molar-refractivity contribution in [1.82, 2.24) is 0 Å². The Morgan fingerprint density at radius 3 is 2.37 bits per heavy atom. The number of nitrogens with one attached hydrogen (secondary N) is 2. The Bertz CT molecular complexity index is 1020. The third-order valence-corrected chi connectivity index (χ3v) is 3.53. The van der Waals surface area contributed by atoms with Gasteiger partial charge in [-0.05, 0) is 36.4 Å². The first-order chi connectivity index (χ1) is 12.9. The van der Waals surface area contributed by atoms with Crippen LogP contribution in [0, 0.1) is 20.2 Å². The number of hydrogen-bond acceptors (Lipinski definition) is 7. The fourth-order valence-corrected chi connectivity index (χ4v) is 2.32. The predicted molar refractivity (Wildman–Crippen MR) is 96.1 cm³/mol. The fourth-order valence-electron chi connectivity index (χ4n) is 2.32. The molecule has 0 fully saturated rings. The maximum atomic E-state index is 12.0. The Balaban J connectivity index is 1.83. The lowest BCUT2D eigenvalue weighted by Gasteiger charge is -2.09. The second-order valence-corrected chi connectivity index (χ2v) is 5.35. The number of amides is 1. The standard InChI is InChI=1S/C17H12N4O6/c22-17(16-5-2-8-27-16)19-12-4-1-3-11(9-12)18-14-7-6-13(20(23)24)10-15(14)21(25)26/h1-10,18H,(H,19,22). The first kappa shape index (κ1) is 17.6. The fraction of sp³-hybridized carbons (Fsp3) is 0. The van der Waals surface area contributed by atoms with E-state index in [0.29, 0.717) is 11.4 Å². The summed E-state index contributed by atoms with van der Waals surface area (Å²) in [6.45, 7) is 0. The first-order valence-electron chi connectivity index (χ1n) is 7.59. The molecule has 10 nitrogen and oxygen atoms in total. The van der Waals surface area contributed by atoms with Crippen LogP contribution in [0.1, 0.15) is 10.6 Å². The second kappa shape index (κ2) is 7.35. The molecule has 3 rings (SSSR count). The number of carbonyl (C=O) groups is 1. The van der Waals surface area contributed by atoms with Gasteiger partial charge in [-0.2, -0.15) is 0 Å². The van der Waals surface area contributed by atoms with Gasteiger partial charge in [0.2, 0.25) is 0 Å². The minimum Gasteiger partial charge on any atom is -0.459 e. The van der Waals surface area contributed by atoms with Crippen molar-refractivity contribution in [2.45, 2.75) is 0 Å². The molecule has 0 spiro atoms. The summed E-state index contributed by atoms with van der Waals surface area (Å²) in [5.41, 5.74) is 0.149. The van der Waals surface area contributed by atoms with E-state index in [1.807, 2.05) is 0 Å². The number of nitro groups is 2. The van der Waals surface area contributed by atoms with Gasteiger partial charge in [0.1, 0.15) is 5.69 Å². The lowest BCUT2D eigenvalue weighted by molar-refractivity contribution is -0.393. The molecule has 136 valence electrons. The van der Waals surface area contributed by atoms with E-state index in [-0.39, 0.29) is 17.1 Å². The minimum absolute atomic E-state index is 0.0834. The van der Waals surface area contributed by atoms with E-state index >= 15 is 0 Å². The normalized spacial score (nSPS) is 10.2. The number of carbonyl (C=O) groups excluding carboxylic acids is 1. The molecule has 10 heteroatoms. The van der Waals surface area contributed by atoms with Crippen molar-refractivity contribution in [3.8, 4) is 0 Å². The van der Waals surface area contributed by atoms with Gasteiger partial charge >= 0.3 is 0 Å². The summed E-state index contributed by atoms with van der Waals surface area (Å²) in [6, 6.07) is 12.9. The molecule has 0 bridgehead atoms. The summed E-state index contributed by atoms with van der Waals surface area (Å²) in [7, 11) is 0. The SMILES string of the molecule is O=C(Nc1cccc(Nc2ccc([N+](=O)[O-])cc2[N+](=O)[O-])c1)c1ccco1. The zero-order valence-electron chi connectivity index (χ0n) is 13.6. The van der Waals surface area contributed by atoms with E-state index in [1.165, 1.54) is 18.4 Å². The number of hydrogen-bond donors (Lipinski definition) is 2. The summed E-state index contributed by atoms with van der Waals surface area (Å²) in [6.07, 6.45) is 1.38. The van der Waals surface area contributed by atoms with E-state index in [0.717, 1.165) is 12.1 Å². The van der Waals surface area contributed by atoms with Crippen molar-refractivity contribution in [3.05, 3.63) is 86.8 Å². The van der Waals surface area contributed by atoms with Crippen LogP contribution >= 0.6 is 0 Å². The Kier molecular flexibility index (Phi) is 4.79. The summed E-state index contributed by atoms with van der Waals surface area (Å²) < 4.78 is 5.01. The van der Waals surface area contributed by atoms with Crippen LogP contribution in [0.3, 0.4) is 0 Å². The molecule has 2 aromatic carbocycles. The highest BCUT2D eigenvalue weighted by atomic mass is 16.6. The number of benzene rings is 2. The van der Waals surface area contributed by atoms with Gasteiger partial charge in [0, 0.05) is 17.4 Å². The van der Waals surface area contributed by atoms with Gasteiger partial charge in [0.15, 0.2) is 5.76 Å². The number of non-ortho nitro benzene ring substituents is 1. The number of anilines is 3. The summed E-state index contributed by atoms with van der Waals surface area (Å²) >= 11 is 0. The molecule has 0 aliphatic carbocycles. The maximum absolute atomic E-state index is 12.0. The topological polar surface area (TPSA) is 141 Å². The molecule has 0 aliphatic heterocycles. The van der Waals surface area contributed by atoms with E-state index in [2.05, 4.69) is 10.6 Å². The third-order valence-electron chi connectivity index (χ3n) is 3.53. The van der Waals surface area contributed by atoms with Gasteiger partial charge in [-0.15, -0.1) is 0 Å². The van der Waals surface area contributed by atoms with Crippen molar-refractivity contribution in [1.29, 1.82) is 0 Å². The van der Waals surface area contributed by atoms with Crippen LogP contribution in [0.2, 0.25) is 0 Å². The number of furan rings is 1. The molecule has 0 aliphatic rings. The molecule has 2 N–H and O–H groups in total. The molecule has 3 aromatic rings. The second-order valence-electron chi connectivity index (χ2n) is 5.35. The molecular weight excluding hydrogens is 356 g/mol. The van der Waals surface area contributed by atoms with E-state index < -0.39 is 21.4 Å². The monoisotopic (exact) mass is 368 g/mol. The van der Waals surface area contributed by atoms with E-state index in [4.69, 9.17) is 4.42 Å². The molecule has 1 aromatic heterocycles. The predicted octanol–water partition coefficient (Wildman–Crippen LogP) is 4.09. The van der Waals surface area contributed by atoms with E-state index in [9.17, 15) is 25.0 Å². The van der Waals surface area contributed by atoms with Crippen molar-refractivity contribution in [2.75, 3.05) is 10.6 Å². The Morgan fingerprint density at radius 2 is 1.70 bits per heavy atom. The van der Waals surface area contributed by atoms with E-state index in [1.54, 1.807) is 30.3 Å². The summed E-state index contributed by atoms with van der Waals surface area (Å²) in [4.78, 5) is 32.6. The Hall–Kier alpha value is -4.21. The quantitative estimate of drug-likeness (QED) is 0.493. The van der Waals surface area contributed by atoms with Gasteiger partial charge in [-0.3, -0.25) is 25.0 Å². The summed E-state index contributed by atoms with van der Waals surface area (Å²) in [5.74, 6) is -0.308. The largest absolute Gasteiger partial charge is 0.459 e. The van der Waals surface area contributed by atoms with Crippen LogP contribution in [0.4, 0.5) is 28.4 Å². The van der Waals surface area contributed by atoms with Crippen molar-refractivity contribution in [3.63, 3.8) is 0 Å². The maximum Gasteiger partial charge on any atom is 0.299 e. The highest BCUT2D eigenvalue weighted by Gasteiger charge is 2.19. The molecule has 0 saturated heterocycles. The van der Waals surface area contributed by atoms with Gasteiger partial charge in [-0.1, -0.05) is 6.07 Å². The van der Waals surface area contributed by atoms with Crippen molar-refractivity contribution in [2.24, 2.45) is 0 Å². The van der Waals surface area contributed by atoms with Crippen LogP contribution in [0.5, 0.6) is 0 Å². The molecule has 27 heavy (non-hydrogen) atoms. The van der Waals surface area contributed by atoms with Crippen LogP contribution in [-0.4, -0.2) is 15.8 Å². The zero-order valence-corrected chi connectivity index (χ0v) is 13.6. The van der Waals surface area contributed by atoms with Crippen LogP contribution in [-0.2, 0) is 0 Å². The lowest BCUT2D eigenvalue weighted by atomic mass is 10.2. The van der Waals surface area contributed by atoms with Crippen molar-refractivity contribution >= 4 is 34.3 Å². The molecule has 0 unspecified atom stereocenters. The van der Waals surface area contributed by atoms with Gasteiger partial charge in [0.25, 0.3) is 17.3 Å². The Labute approximate surface area is 151 Å². The highest BCUT2D eigenvalue weighted by molar-refractivity contribution is 6.02. The van der Waals surface area contributed by atoms with Crippen LogP contribution < -0.4 is 10.6 Å². The zero-order chi connectivity index (χ0) is 19.4. The Morgan fingerprint density at radius 1 is 0.926 bits per heavy atom. The highest BCUT2D eigenvalue weighted by Crippen LogP contribution is 2.32. The average Bonchev–Trinajstić information content (AvgIpc) is 3.17. The lowest BCUT2D eigenvalue weighted by Crippen LogP contribution is -2.10. The molecule has 0 radical (unpaired) electrons. The molecule has 0 saturated carbocycles. The van der Waals surface area contributed by atoms with Crippen LogP contribution in [0.25, 0.3) is 0 Å². The van der Waals surface area contributed by atoms with Crippen molar-refractivity contribution < 1.29 is 19.1 Å². The molecule has 1 heterocycles. The third kappa shape index (κ3) is 4.07. The first-order valence-corrected chi connectivity index (χ1v) is 7.59. The number of rotatable bonds is 6. The van der Waals surface area contributed by atoms with Gasteiger partial charge < -0.3 is 15.1 Å². The van der Waals surface area contributed by atoms with Gasteiger partial charge in [0.05, 0.1) is 22.2 Å². The number of nitro benzene ring substituents is 2. The van der Waals surface area contributed by atoms with Gasteiger partial charge in [-0.25, -0.2) is 0 Å². The minimum atomic E-state index is -0.710. The summed E-state index contributed by atoms with van der Waals surface area (Å²) in [5, 5.41) is 27.5. The smallest absolute Gasteiger partial charge is 0.299 e. The molecule has 1 amide bonds. The number of nitrogens with zero attached hydrogens (tertiary/aromatic N) is 2. The van der Waals surface area contributed by atoms with Crippen LogP contribution in [0.15, 0.2) is 65.3 Å². The molecular formula is C17H12N4O6. The molecule has 0 atom stereocenters.